The largest absolute Gasteiger partial charge is 0.477 e. The van der Waals surface area contributed by atoms with Crippen LogP contribution < -0.4 is 5.32 Å². The molecular formula is C8H7BrN2O3. The maximum Gasteiger partial charge on any atom is 0.354 e. The number of halogens is 1. The lowest BCUT2D eigenvalue weighted by Gasteiger charge is -2.01. The Kier molecular flexibility index (Phi) is 3.08. The minimum absolute atomic E-state index is 0.0629. The van der Waals surface area contributed by atoms with Gasteiger partial charge in [0.05, 0.1) is 10.2 Å². The first-order valence-electron chi connectivity index (χ1n) is 3.59. The highest BCUT2D eigenvalue weighted by Crippen LogP contribution is 2.15. The van der Waals surface area contributed by atoms with Crippen LogP contribution in [0.15, 0.2) is 23.3 Å². The summed E-state index contributed by atoms with van der Waals surface area (Å²) in [6.07, 6.45) is 1.43. The lowest BCUT2D eigenvalue weighted by Crippen LogP contribution is -2.13. The van der Waals surface area contributed by atoms with E-state index in [0.717, 1.165) is 0 Å². The lowest BCUT2D eigenvalue weighted by atomic mass is 10.3. The van der Waals surface area contributed by atoms with Crippen LogP contribution in [-0.2, 0) is 4.79 Å². The summed E-state index contributed by atoms with van der Waals surface area (Å²) in [5, 5.41) is 11.1. The number of aromatic carboxylic acids is 1. The summed E-state index contributed by atoms with van der Waals surface area (Å²) >= 11 is 2.88. The number of H-pyrrole nitrogens is 1. The Morgan fingerprint density at radius 1 is 1.57 bits per heavy atom. The van der Waals surface area contributed by atoms with Crippen molar-refractivity contribution in [3.63, 3.8) is 0 Å². The molecule has 0 atom stereocenters. The van der Waals surface area contributed by atoms with Crippen molar-refractivity contribution in [2.75, 3.05) is 5.32 Å². The van der Waals surface area contributed by atoms with E-state index in [2.05, 4.69) is 32.8 Å². The van der Waals surface area contributed by atoms with Gasteiger partial charge in [0.1, 0.15) is 5.69 Å². The number of carbonyl (C=O) groups is 2. The number of aromatic amines is 1. The molecular weight excluding hydrogens is 252 g/mol. The highest BCUT2D eigenvalue weighted by Gasteiger charge is 2.13. The molecule has 5 nitrogen and oxygen atoms in total. The van der Waals surface area contributed by atoms with Gasteiger partial charge in [0.25, 0.3) is 5.91 Å². The van der Waals surface area contributed by atoms with E-state index in [1.165, 1.54) is 12.3 Å². The van der Waals surface area contributed by atoms with Gasteiger partial charge in [-0.25, -0.2) is 4.79 Å². The molecule has 0 aliphatic rings. The van der Waals surface area contributed by atoms with Crippen molar-refractivity contribution in [3.8, 4) is 0 Å². The Morgan fingerprint density at radius 3 is 2.71 bits per heavy atom. The highest BCUT2D eigenvalue weighted by molar-refractivity contribution is 9.12. The van der Waals surface area contributed by atoms with Crippen LogP contribution in [0.25, 0.3) is 0 Å². The van der Waals surface area contributed by atoms with Gasteiger partial charge in [0, 0.05) is 6.20 Å². The number of nitrogens with one attached hydrogen (secondary N) is 2. The smallest absolute Gasteiger partial charge is 0.354 e. The van der Waals surface area contributed by atoms with Crippen molar-refractivity contribution in [2.24, 2.45) is 0 Å². The maximum atomic E-state index is 11.1. The zero-order valence-corrected chi connectivity index (χ0v) is 8.59. The van der Waals surface area contributed by atoms with Crippen LogP contribution >= 0.6 is 15.9 Å². The molecule has 6 heteroatoms. The zero-order valence-electron chi connectivity index (χ0n) is 7.00. The van der Waals surface area contributed by atoms with Gasteiger partial charge in [-0.2, -0.15) is 0 Å². The minimum atomic E-state index is -1.13. The van der Waals surface area contributed by atoms with Crippen LogP contribution in [0.3, 0.4) is 0 Å². The standard InChI is InChI=1S/C8H7BrN2O3/c1-4(9)7(12)11-5-2-3-10-6(5)8(13)14/h2-3,10H,1H2,(H,11,12)(H,13,14). The molecule has 0 aromatic carbocycles. The number of carboxylic acids is 1. The number of rotatable bonds is 3. The van der Waals surface area contributed by atoms with Crippen molar-refractivity contribution < 1.29 is 14.7 Å². The van der Waals surface area contributed by atoms with Gasteiger partial charge < -0.3 is 15.4 Å². The number of carboxylic acid groups (broad SMARTS) is 1. The fourth-order valence-corrected chi connectivity index (χ4v) is 0.940. The van der Waals surface area contributed by atoms with E-state index in [9.17, 15) is 9.59 Å². The summed E-state index contributed by atoms with van der Waals surface area (Å²) < 4.78 is 0.134. The van der Waals surface area contributed by atoms with E-state index in [-0.39, 0.29) is 15.9 Å². The molecule has 1 heterocycles. The van der Waals surface area contributed by atoms with Crippen LogP contribution in [0.4, 0.5) is 5.69 Å². The Bertz CT molecular complexity index is 397. The predicted molar refractivity (Wildman–Crippen MR) is 54.4 cm³/mol. The second-order valence-electron chi connectivity index (χ2n) is 2.43. The molecule has 3 N–H and O–H groups in total. The van der Waals surface area contributed by atoms with Gasteiger partial charge in [-0.1, -0.05) is 6.58 Å². The van der Waals surface area contributed by atoms with E-state index in [1.807, 2.05) is 0 Å². The maximum absolute atomic E-state index is 11.1. The van der Waals surface area contributed by atoms with Crippen molar-refractivity contribution in [1.82, 2.24) is 4.98 Å². The molecule has 0 saturated carbocycles. The first kappa shape index (κ1) is 10.5. The summed E-state index contributed by atoms with van der Waals surface area (Å²) in [7, 11) is 0. The van der Waals surface area contributed by atoms with E-state index in [0.29, 0.717) is 0 Å². The second kappa shape index (κ2) is 4.10. The molecule has 0 radical (unpaired) electrons. The van der Waals surface area contributed by atoms with Gasteiger partial charge in [-0.05, 0) is 22.0 Å². The monoisotopic (exact) mass is 258 g/mol. The third kappa shape index (κ3) is 2.23. The summed E-state index contributed by atoms with van der Waals surface area (Å²) in [5.41, 5.74) is 0.148. The number of anilines is 1. The van der Waals surface area contributed by atoms with Crippen LogP contribution in [-0.4, -0.2) is 22.0 Å². The lowest BCUT2D eigenvalue weighted by molar-refractivity contribution is -0.112. The third-order valence-electron chi connectivity index (χ3n) is 1.46. The van der Waals surface area contributed by atoms with Gasteiger partial charge in [-0.15, -0.1) is 0 Å². The molecule has 0 bridgehead atoms. The molecule has 1 rings (SSSR count). The average Bonchev–Trinajstić information content (AvgIpc) is 2.52. The Balaban J connectivity index is 2.87. The molecule has 0 unspecified atom stereocenters. The van der Waals surface area contributed by atoms with Crippen LogP contribution in [0.2, 0.25) is 0 Å². The fraction of sp³-hybridized carbons (Fsp3) is 0. The Morgan fingerprint density at radius 2 is 2.21 bits per heavy atom. The molecule has 0 aliphatic carbocycles. The van der Waals surface area contributed by atoms with Gasteiger partial charge in [0.2, 0.25) is 0 Å². The summed E-state index contributed by atoms with van der Waals surface area (Å²) in [6, 6.07) is 1.46. The van der Waals surface area contributed by atoms with E-state index in [1.54, 1.807) is 0 Å². The van der Waals surface area contributed by atoms with E-state index >= 15 is 0 Å². The van der Waals surface area contributed by atoms with Crippen molar-refractivity contribution in [3.05, 3.63) is 29.0 Å². The van der Waals surface area contributed by atoms with Gasteiger partial charge in [0.15, 0.2) is 0 Å². The zero-order chi connectivity index (χ0) is 10.7. The van der Waals surface area contributed by atoms with Gasteiger partial charge in [-0.3, -0.25) is 4.79 Å². The first-order valence-corrected chi connectivity index (χ1v) is 4.38. The second-order valence-corrected chi connectivity index (χ2v) is 3.39. The molecule has 14 heavy (non-hydrogen) atoms. The van der Waals surface area contributed by atoms with E-state index < -0.39 is 11.9 Å². The number of hydrogen-bond acceptors (Lipinski definition) is 2. The third-order valence-corrected chi connectivity index (χ3v) is 1.82. The quantitative estimate of drug-likeness (QED) is 0.720. The van der Waals surface area contributed by atoms with Crippen LogP contribution in [0.1, 0.15) is 10.5 Å². The van der Waals surface area contributed by atoms with Crippen LogP contribution in [0, 0.1) is 0 Å². The van der Waals surface area contributed by atoms with E-state index in [4.69, 9.17) is 5.11 Å². The molecule has 1 aromatic rings. The number of aromatic nitrogens is 1. The summed E-state index contributed by atoms with van der Waals surface area (Å²) in [4.78, 5) is 24.2. The minimum Gasteiger partial charge on any atom is -0.477 e. The molecule has 1 aromatic heterocycles. The SMILES string of the molecule is C=C(Br)C(=O)Nc1cc[nH]c1C(=O)O. The Hall–Kier alpha value is -1.56. The fourth-order valence-electron chi connectivity index (χ4n) is 0.841. The molecule has 74 valence electrons. The molecule has 0 saturated heterocycles. The summed E-state index contributed by atoms with van der Waals surface area (Å²) in [6.45, 7) is 3.36. The summed E-state index contributed by atoms with van der Waals surface area (Å²) in [5.74, 6) is -1.61. The van der Waals surface area contributed by atoms with Gasteiger partial charge >= 0.3 is 5.97 Å². The predicted octanol–water partition coefficient (Wildman–Crippen LogP) is 1.56. The number of amides is 1. The van der Waals surface area contributed by atoms with Crippen molar-refractivity contribution >= 4 is 33.5 Å². The Labute approximate surface area is 87.9 Å². The first-order chi connectivity index (χ1) is 6.52. The molecule has 0 aliphatic heterocycles. The normalized spacial score (nSPS) is 9.50. The molecule has 0 fully saturated rings. The average molecular weight is 259 g/mol. The van der Waals surface area contributed by atoms with Crippen molar-refractivity contribution in [1.29, 1.82) is 0 Å². The topological polar surface area (TPSA) is 82.2 Å². The van der Waals surface area contributed by atoms with Crippen LogP contribution in [0.5, 0.6) is 0 Å². The number of carbonyl (C=O) groups excluding carboxylic acids is 1. The number of hydrogen-bond donors (Lipinski definition) is 3. The molecule has 0 spiro atoms. The highest BCUT2D eigenvalue weighted by atomic mass is 79.9. The molecule has 1 amide bonds. The van der Waals surface area contributed by atoms with Crippen molar-refractivity contribution in [2.45, 2.75) is 0 Å².